The van der Waals surface area contributed by atoms with Gasteiger partial charge in [-0.2, -0.15) is 0 Å². The quantitative estimate of drug-likeness (QED) is 0.664. The van der Waals surface area contributed by atoms with Crippen LogP contribution in [-0.2, 0) is 0 Å². The highest BCUT2D eigenvalue weighted by Crippen LogP contribution is 2.18. The Kier molecular flexibility index (Phi) is 5.29. The molecule has 94 valence electrons. The summed E-state index contributed by atoms with van der Waals surface area (Å²) >= 11 is 0. The summed E-state index contributed by atoms with van der Waals surface area (Å²) in [5, 5.41) is 4.61. The average Bonchev–Trinajstić information content (AvgIpc) is 2.30. The van der Waals surface area contributed by atoms with Crippen molar-refractivity contribution in [3.05, 3.63) is 12.8 Å². The Bertz CT molecular complexity index is 207. The molecule has 0 aromatic carbocycles. The standard InChI is InChI=1S/C13H27N3/c1-6-15-10-8-13(9-11-15)16(7-2)14(5)12(3)4/h7,12-13H,2,6,8-11H2,1,3-5H3. The number of hydrazine groups is 1. The lowest BCUT2D eigenvalue weighted by Crippen LogP contribution is -2.50. The van der Waals surface area contributed by atoms with E-state index in [-0.39, 0.29) is 0 Å². The third-order valence-electron chi connectivity index (χ3n) is 3.68. The topological polar surface area (TPSA) is 9.72 Å². The summed E-state index contributed by atoms with van der Waals surface area (Å²) in [5.74, 6) is 0. The lowest BCUT2D eigenvalue weighted by molar-refractivity contribution is -0.0360. The Balaban J connectivity index is 2.52. The highest BCUT2D eigenvalue weighted by Gasteiger charge is 2.24. The predicted octanol–water partition coefficient (Wildman–Crippen LogP) is 2.17. The summed E-state index contributed by atoms with van der Waals surface area (Å²) in [6.45, 7) is 14.3. The van der Waals surface area contributed by atoms with Gasteiger partial charge in [0.15, 0.2) is 0 Å². The lowest BCUT2D eigenvalue weighted by atomic mass is 10.0. The van der Waals surface area contributed by atoms with Gasteiger partial charge in [-0.05, 0) is 33.2 Å². The van der Waals surface area contributed by atoms with Gasteiger partial charge >= 0.3 is 0 Å². The van der Waals surface area contributed by atoms with Crippen molar-refractivity contribution in [3.63, 3.8) is 0 Å². The van der Waals surface area contributed by atoms with E-state index in [4.69, 9.17) is 0 Å². The normalized spacial score (nSPS) is 19.4. The Morgan fingerprint density at radius 3 is 2.31 bits per heavy atom. The molecule has 0 aromatic heterocycles. The van der Waals surface area contributed by atoms with Crippen LogP contribution in [0.5, 0.6) is 0 Å². The number of piperidine rings is 1. The number of likely N-dealkylation sites (tertiary alicyclic amines) is 1. The van der Waals surface area contributed by atoms with Gasteiger partial charge < -0.3 is 9.91 Å². The van der Waals surface area contributed by atoms with Crippen LogP contribution in [0.25, 0.3) is 0 Å². The molecule has 0 amide bonds. The van der Waals surface area contributed by atoms with Crippen LogP contribution >= 0.6 is 0 Å². The smallest absolute Gasteiger partial charge is 0.0474 e. The van der Waals surface area contributed by atoms with Gasteiger partial charge in [-0.15, -0.1) is 0 Å². The Morgan fingerprint density at radius 2 is 1.94 bits per heavy atom. The molecule has 0 unspecified atom stereocenters. The van der Waals surface area contributed by atoms with Crippen LogP contribution in [-0.4, -0.2) is 53.7 Å². The third kappa shape index (κ3) is 3.22. The first-order valence-corrected chi connectivity index (χ1v) is 6.46. The van der Waals surface area contributed by atoms with Gasteiger partial charge in [-0.1, -0.05) is 13.5 Å². The largest absolute Gasteiger partial charge is 0.311 e. The van der Waals surface area contributed by atoms with Gasteiger partial charge in [-0.25, -0.2) is 5.01 Å². The molecule has 1 heterocycles. The molecule has 0 bridgehead atoms. The molecule has 1 aliphatic heterocycles. The van der Waals surface area contributed by atoms with Crippen molar-refractivity contribution in [2.45, 2.75) is 45.7 Å². The summed E-state index contributed by atoms with van der Waals surface area (Å²) in [6, 6.07) is 1.16. The molecular weight excluding hydrogens is 198 g/mol. The summed E-state index contributed by atoms with van der Waals surface area (Å²) in [5.41, 5.74) is 0. The molecule has 0 radical (unpaired) electrons. The molecular formula is C13H27N3. The van der Waals surface area contributed by atoms with Crippen molar-refractivity contribution >= 4 is 0 Å². The van der Waals surface area contributed by atoms with E-state index in [1.54, 1.807) is 0 Å². The van der Waals surface area contributed by atoms with E-state index in [2.05, 4.69) is 49.3 Å². The zero-order chi connectivity index (χ0) is 12.1. The van der Waals surface area contributed by atoms with E-state index < -0.39 is 0 Å². The lowest BCUT2D eigenvalue weighted by Gasteiger charge is -2.43. The Labute approximate surface area is 101 Å². The number of rotatable bonds is 5. The van der Waals surface area contributed by atoms with Gasteiger partial charge in [0.1, 0.15) is 0 Å². The molecule has 1 fully saturated rings. The van der Waals surface area contributed by atoms with E-state index in [9.17, 15) is 0 Å². The maximum Gasteiger partial charge on any atom is 0.0474 e. The Hall–Kier alpha value is -0.540. The van der Waals surface area contributed by atoms with Gasteiger partial charge in [0.05, 0.1) is 0 Å². The second kappa shape index (κ2) is 6.26. The van der Waals surface area contributed by atoms with Crippen LogP contribution in [0.3, 0.4) is 0 Å². The number of nitrogens with zero attached hydrogens (tertiary/aromatic N) is 3. The summed E-state index contributed by atoms with van der Waals surface area (Å²) < 4.78 is 0. The fourth-order valence-corrected chi connectivity index (χ4v) is 2.30. The van der Waals surface area contributed by atoms with Gasteiger partial charge in [0, 0.05) is 38.4 Å². The number of hydrogen-bond donors (Lipinski definition) is 0. The minimum Gasteiger partial charge on any atom is -0.311 e. The third-order valence-corrected chi connectivity index (χ3v) is 3.68. The molecule has 16 heavy (non-hydrogen) atoms. The average molecular weight is 225 g/mol. The van der Waals surface area contributed by atoms with Crippen LogP contribution in [0.4, 0.5) is 0 Å². The first-order valence-electron chi connectivity index (χ1n) is 6.46. The molecule has 3 nitrogen and oxygen atoms in total. The minimum absolute atomic E-state index is 0.530. The van der Waals surface area contributed by atoms with Gasteiger partial charge in [0.2, 0.25) is 0 Å². The summed E-state index contributed by atoms with van der Waals surface area (Å²) in [4.78, 5) is 2.52. The van der Waals surface area contributed by atoms with Crippen LogP contribution < -0.4 is 0 Å². The van der Waals surface area contributed by atoms with Crippen molar-refractivity contribution in [3.8, 4) is 0 Å². The molecule has 0 spiro atoms. The van der Waals surface area contributed by atoms with Crippen molar-refractivity contribution < 1.29 is 0 Å². The number of hydrogen-bond acceptors (Lipinski definition) is 3. The highest BCUT2D eigenvalue weighted by atomic mass is 15.6. The molecule has 3 heteroatoms. The molecule has 0 atom stereocenters. The van der Waals surface area contributed by atoms with E-state index in [1.165, 1.54) is 32.5 Å². The first-order chi connectivity index (χ1) is 7.60. The second-order valence-corrected chi connectivity index (χ2v) is 4.90. The zero-order valence-electron chi connectivity index (χ0n) is 11.3. The fourth-order valence-electron chi connectivity index (χ4n) is 2.30. The molecule has 0 N–H and O–H groups in total. The maximum atomic E-state index is 3.95. The molecule has 0 saturated carbocycles. The van der Waals surface area contributed by atoms with Crippen molar-refractivity contribution in [2.24, 2.45) is 0 Å². The summed E-state index contributed by atoms with van der Waals surface area (Å²) in [7, 11) is 2.15. The van der Waals surface area contributed by atoms with E-state index >= 15 is 0 Å². The van der Waals surface area contributed by atoms with Crippen molar-refractivity contribution in [2.75, 3.05) is 26.7 Å². The van der Waals surface area contributed by atoms with Crippen LogP contribution in [0.1, 0.15) is 33.6 Å². The van der Waals surface area contributed by atoms with E-state index in [0.717, 1.165) is 0 Å². The SMILES string of the molecule is C=CN(C1CCN(CC)CC1)N(C)C(C)C. The van der Waals surface area contributed by atoms with E-state index in [0.29, 0.717) is 12.1 Å². The van der Waals surface area contributed by atoms with Crippen LogP contribution in [0.2, 0.25) is 0 Å². The summed E-state index contributed by atoms with van der Waals surface area (Å²) in [6.07, 6.45) is 4.47. The molecule has 1 rings (SSSR count). The highest BCUT2D eigenvalue weighted by molar-refractivity contribution is 4.83. The molecule has 1 saturated heterocycles. The Morgan fingerprint density at radius 1 is 1.38 bits per heavy atom. The van der Waals surface area contributed by atoms with Crippen molar-refractivity contribution in [1.82, 2.24) is 14.9 Å². The molecule has 0 aromatic rings. The maximum absolute atomic E-state index is 3.95. The minimum atomic E-state index is 0.530. The van der Waals surface area contributed by atoms with Crippen LogP contribution in [0, 0.1) is 0 Å². The van der Waals surface area contributed by atoms with Crippen molar-refractivity contribution in [1.29, 1.82) is 0 Å². The molecule has 0 aliphatic carbocycles. The van der Waals surface area contributed by atoms with Crippen LogP contribution in [0.15, 0.2) is 12.8 Å². The van der Waals surface area contributed by atoms with E-state index in [1.807, 2.05) is 6.20 Å². The fraction of sp³-hybridized carbons (Fsp3) is 0.846. The predicted molar refractivity (Wildman–Crippen MR) is 70.1 cm³/mol. The second-order valence-electron chi connectivity index (χ2n) is 4.90. The molecule has 1 aliphatic rings. The van der Waals surface area contributed by atoms with Gasteiger partial charge in [-0.3, -0.25) is 0 Å². The monoisotopic (exact) mass is 225 g/mol. The van der Waals surface area contributed by atoms with Gasteiger partial charge in [0.25, 0.3) is 0 Å². The first kappa shape index (κ1) is 13.5. The zero-order valence-corrected chi connectivity index (χ0v) is 11.3.